The van der Waals surface area contributed by atoms with Crippen molar-refractivity contribution in [2.75, 3.05) is 26.8 Å². The maximum Gasteiger partial charge on any atom is 0.191 e. The Morgan fingerprint density at radius 2 is 2.12 bits per heavy atom. The molecule has 0 spiro atoms. The molecule has 4 heteroatoms. The standard InChI is InChI=1S/C13H25N3O/c1-13(11-6-4-3-5-7-11)10-15-12(14)16(13)8-9-17-2/h11H,3-10H2,1-2H3,(H2,14,15). The number of nitrogens with two attached hydrogens (primary N) is 1. The molecule has 0 saturated heterocycles. The summed E-state index contributed by atoms with van der Waals surface area (Å²) in [7, 11) is 1.74. The lowest BCUT2D eigenvalue weighted by Crippen LogP contribution is -2.55. The Labute approximate surface area is 104 Å². The Morgan fingerprint density at radius 1 is 1.41 bits per heavy atom. The SMILES string of the molecule is COCCN1C(N)=NCC1(C)C1CCCCC1. The van der Waals surface area contributed by atoms with Crippen molar-refractivity contribution < 1.29 is 4.74 Å². The van der Waals surface area contributed by atoms with E-state index in [0.717, 1.165) is 25.6 Å². The molecular formula is C13H25N3O. The van der Waals surface area contributed by atoms with Gasteiger partial charge in [0.1, 0.15) is 0 Å². The van der Waals surface area contributed by atoms with Gasteiger partial charge in [0, 0.05) is 13.7 Å². The minimum absolute atomic E-state index is 0.128. The molecule has 2 N–H and O–H groups in total. The quantitative estimate of drug-likeness (QED) is 0.810. The number of guanidine groups is 1. The fraction of sp³-hybridized carbons (Fsp3) is 0.923. The first-order valence-electron chi connectivity index (χ1n) is 6.75. The zero-order valence-corrected chi connectivity index (χ0v) is 11.1. The monoisotopic (exact) mass is 239 g/mol. The van der Waals surface area contributed by atoms with Crippen molar-refractivity contribution in [3.8, 4) is 0 Å². The van der Waals surface area contributed by atoms with Crippen LogP contribution in [-0.4, -0.2) is 43.2 Å². The van der Waals surface area contributed by atoms with E-state index in [1.807, 2.05) is 0 Å². The normalized spacial score (nSPS) is 30.7. The fourth-order valence-corrected chi connectivity index (χ4v) is 3.30. The van der Waals surface area contributed by atoms with Crippen molar-refractivity contribution in [1.29, 1.82) is 0 Å². The summed E-state index contributed by atoms with van der Waals surface area (Å²) in [6.07, 6.45) is 6.75. The van der Waals surface area contributed by atoms with Crippen molar-refractivity contribution >= 4 is 5.96 Å². The van der Waals surface area contributed by atoms with Gasteiger partial charge >= 0.3 is 0 Å². The van der Waals surface area contributed by atoms with Crippen LogP contribution in [0.3, 0.4) is 0 Å². The summed E-state index contributed by atoms with van der Waals surface area (Å²) in [5.41, 5.74) is 6.15. The molecule has 0 bridgehead atoms. The second-order valence-corrected chi connectivity index (χ2v) is 5.51. The van der Waals surface area contributed by atoms with Crippen molar-refractivity contribution in [3.05, 3.63) is 0 Å². The zero-order valence-electron chi connectivity index (χ0n) is 11.1. The predicted molar refractivity (Wildman–Crippen MR) is 70.1 cm³/mol. The molecule has 0 radical (unpaired) electrons. The molecule has 98 valence electrons. The molecule has 2 aliphatic rings. The van der Waals surface area contributed by atoms with Crippen LogP contribution < -0.4 is 5.73 Å². The lowest BCUT2D eigenvalue weighted by Gasteiger charge is -2.44. The third kappa shape index (κ3) is 2.41. The highest BCUT2D eigenvalue weighted by Crippen LogP contribution is 2.38. The number of hydrogen-bond donors (Lipinski definition) is 1. The van der Waals surface area contributed by atoms with E-state index in [1.165, 1.54) is 32.1 Å². The topological polar surface area (TPSA) is 50.9 Å². The number of rotatable bonds is 4. The number of hydrogen-bond acceptors (Lipinski definition) is 4. The van der Waals surface area contributed by atoms with E-state index >= 15 is 0 Å². The zero-order chi connectivity index (χ0) is 12.3. The van der Waals surface area contributed by atoms with E-state index in [9.17, 15) is 0 Å². The van der Waals surface area contributed by atoms with Crippen LogP contribution in [0.1, 0.15) is 39.0 Å². The summed E-state index contributed by atoms with van der Waals surface area (Å²) >= 11 is 0. The molecule has 1 atom stereocenters. The van der Waals surface area contributed by atoms with Gasteiger partial charge in [-0.3, -0.25) is 4.99 Å². The lowest BCUT2D eigenvalue weighted by atomic mass is 9.75. The molecule has 1 aliphatic heterocycles. The van der Waals surface area contributed by atoms with Crippen LogP contribution in [0.15, 0.2) is 4.99 Å². The van der Waals surface area contributed by atoms with Gasteiger partial charge in [-0.1, -0.05) is 19.3 Å². The third-order valence-corrected chi connectivity index (χ3v) is 4.46. The number of nitrogens with zero attached hydrogens (tertiary/aromatic N) is 2. The summed E-state index contributed by atoms with van der Waals surface area (Å²) < 4.78 is 5.18. The van der Waals surface area contributed by atoms with E-state index in [1.54, 1.807) is 7.11 Å². The van der Waals surface area contributed by atoms with E-state index in [-0.39, 0.29) is 5.54 Å². The largest absolute Gasteiger partial charge is 0.383 e. The Morgan fingerprint density at radius 3 is 2.76 bits per heavy atom. The summed E-state index contributed by atoms with van der Waals surface area (Å²) in [4.78, 5) is 6.73. The first kappa shape index (κ1) is 12.7. The third-order valence-electron chi connectivity index (χ3n) is 4.46. The summed E-state index contributed by atoms with van der Waals surface area (Å²) in [6, 6.07) is 0. The Kier molecular flexibility index (Phi) is 3.92. The van der Waals surface area contributed by atoms with Crippen LogP contribution in [0, 0.1) is 5.92 Å². The number of methoxy groups -OCH3 is 1. The van der Waals surface area contributed by atoms with Gasteiger partial charge in [-0.15, -0.1) is 0 Å². The predicted octanol–water partition coefficient (Wildman–Crippen LogP) is 1.60. The minimum atomic E-state index is 0.128. The molecule has 0 aromatic rings. The van der Waals surface area contributed by atoms with Gasteiger partial charge in [0.2, 0.25) is 0 Å². The molecule has 1 aliphatic carbocycles. The second-order valence-electron chi connectivity index (χ2n) is 5.51. The maximum atomic E-state index is 6.02. The van der Waals surface area contributed by atoms with Crippen LogP contribution in [0.25, 0.3) is 0 Å². The number of aliphatic imine (C=N–C) groups is 1. The van der Waals surface area contributed by atoms with Gasteiger partial charge in [0.25, 0.3) is 0 Å². The summed E-state index contributed by atoms with van der Waals surface area (Å²) in [6.45, 7) is 4.76. The molecular weight excluding hydrogens is 214 g/mol. The van der Waals surface area contributed by atoms with Crippen LogP contribution in [0.4, 0.5) is 0 Å². The molecule has 0 aromatic heterocycles. The number of ether oxygens (including phenoxy) is 1. The van der Waals surface area contributed by atoms with Crippen LogP contribution in [0.5, 0.6) is 0 Å². The van der Waals surface area contributed by atoms with Gasteiger partial charge in [-0.05, 0) is 25.7 Å². The smallest absolute Gasteiger partial charge is 0.191 e. The summed E-state index contributed by atoms with van der Waals surface area (Å²) in [5.74, 6) is 1.44. The van der Waals surface area contributed by atoms with Crippen LogP contribution in [-0.2, 0) is 4.74 Å². The molecule has 0 aromatic carbocycles. The van der Waals surface area contributed by atoms with E-state index in [0.29, 0.717) is 5.96 Å². The lowest BCUT2D eigenvalue weighted by molar-refractivity contribution is 0.0807. The Balaban J connectivity index is 2.06. The maximum absolute atomic E-state index is 6.02. The first-order chi connectivity index (χ1) is 8.18. The van der Waals surface area contributed by atoms with E-state index < -0.39 is 0 Å². The molecule has 1 fully saturated rings. The van der Waals surface area contributed by atoms with Gasteiger partial charge in [0.05, 0.1) is 18.7 Å². The summed E-state index contributed by atoms with van der Waals surface area (Å²) in [5, 5.41) is 0. The average Bonchev–Trinajstić information content (AvgIpc) is 2.65. The molecule has 1 heterocycles. The molecule has 4 nitrogen and oxygen atoms in total. The van der Waals surface area contributed by atoms with Gasteiger partial charge in [-0.2, -0.15) is 0 Å². The van der Waals surface area contributed by atoms with E-state index in [2.05, 4.69) is 16.8 Å². The second kappa shape index (κ2) is 5.25. The van der Waals surface area contributed by atoms with Crippen molar-refractivity contribution in [3.63, 3.8) is 0 Å². The van der Waals surface area contributed by atoms with Gasteiger partial charge < -0.3 is 15.4 Å². The Hall–Kier alpha value is -0.770. The van der Waals surface area contributed by atoms with Crippen molar-refractivity contribution in [2.45, 2.75) is 44.6 Å². The van der Waals surface area contributed by atoms with Gasteiger partial charge in [-0.25, -0.2) is 0 Å². The van der Waals surface area contributed by atoms with Crippen LogP contribution >= 0.6 is 0 Å². The Bertz CT molecular complexity index is 286. The molecule has 1 saturated carbocycles. The van der Waals surface area contributed by atoms with Crippen molar-refractivity contribution in [2.24, 2.45) is 16.6 Å². The average molecular weight is 239 g/mol. The molecule has 2 rings (SSSR count). The highest BCUT2D eigenvalue weighted by atomic mass is 16.5. The van der Waals surface area contributed by atoms with Crippen molar-refractivity contribution in [1.82, 2.24) is 4.90 Å². The van der Waals surface area contributed by atoms with E-state index in [4.69, 9.17) is 10.5 Å². The first-order valence-corrected chi connectivity index (χ1v) is 6.75. The molecule has 17 heavy (non-hydrogen) atoms. The van der Waals surface area contributed by atoms with Crippen LogP contribution in [0.2, 0.25) is 0 Å². The highest BCUT2D eigenvalue weighted by Gasteiger charge is 2.44. The molecule has 1 unspecified atom stereocenters. The highest BCUT2D eigenvalue weighted by molar-refractivity contribution is 5.81. The minimum Gasteiger partial charge on any atom is -0.383 e. The van der Waals surface area contributed by atoms with Gasteiger partial charge in [0.15, 0.2) is 5.96 Å². The molecule has 0 amide bonds. The fourth-order valence-electron chi connectivity index (χ4n) is 3.30.